The highest BCUT2D eigenvalue weighted by atomic mass is 16.6. The fourth-order valence-corrected chi connectivity index (χ4v) is 8.74. The van der Waals surface area contributed by atoms with Crippen molar-refractivity contribution in [3.05, 3.63) is 95.8 Å². The van der Waals surface area contributed by atoms with E-state index < -0.39 is 23.1 Å². The number of piperidine rings is 2. The Morgan fingerprint density at radius 2 is 0.973 bits per heavy atom. The van der Waals surface area contributed by atoms with Crippen LogP contribution in [0.2, 0.25) is 0 Å². The van der Waals surface area contributed by atoms with E-state index in [0.717, 1.165) is 140 Å². The summed E-state index contributed by atoms with van der Waals surface area (Å²) in [6, 6.07) is 14.6. The van der Waals surface area contributed by atoms with Crippen LogP contribution in [0.4, 0.5) is 23.0 Å². The molecular weight excluding hydrogens is 945 g/mol. The molecule has 19 nitrogen and oxygen atoms in total. The zero-order chi connectivity index (χ0) is 52.5. The molecule has 0 unspecified atom stereocenters. The molecule has 402 valence electrons. The summed E-state index contributed by atoms with van der Waals surface area (Å²) in [6.45, 7) is 23.7. The second kappa shape index (κ2) is 27.5. The average Bonchev–Trinajstić information content (AvgIpc) is 3.41. The van der Waals surface area contributed by atoms with E-state index in [9.17, 15) is 24.0 Å². The fourth-order valence-electron chi connectivity index (χ4n) is 8.74. The number of esters is 4. The molecule has 4 aromatic rings. The minimum absolute atomic E-state index is 0. The minimum atomic E-state index is -0.515. The fraction of sp³-hybridized carbons (Fsp3) is 0.545. The van der Waals surface area contributed by atoms with E-state index in [1.807, 2.05) is 65.8 Å². The van der Waals surface area contributed by atoms with Crippen LogP contribution in [0.5, 0.6) is 0 Å². The van der Waals surface area contributed by atoms with Crippen LogP contribution < -0.4 is 24.9 Å². The smallest absolute Gasteiger partial charge is 0.356 e. The standard InChI is InChI=1S/C27H37N5O4.C16H22N2O3.C11H15N3O2.CH4/c1-27(2,3)36-25(33)21-5-8-24(29-17-21)32-11-9-20(10-12-32)19-30-13-15-31(16-14-30)22-6-7-23(28-18-22)26(34)35-4;1-16(2,3)21-15(20)13-4-5-14(17-10-13)18-8-6-12(11-19)7-9-18;1-16-11(15)10-3-2-9(8-13-10)14-6-4-12-5-7-14;/h5-8,17-18,20H,9-16,19H2,1-4H3;4-5,10-12H,6-9H2,1-3H3;2-3,8,12H,4-7H2,1H3;1H4. The Hall–Kier alpha value is -6.73. The van der Waals surface area contributed by atoms with Gasteiger partial charge >= 0.3 is 23.9 Å². The summed E-state index contributed by atoms with van der Waals surface area (Å²) >= 11 is 0. The number of anilines is 4. The molecule has 4 aliphatic heterocycles. The number of rotatable bonds is 11. The molecule has 0 saturated carbocycles. The predicted octanol–water partition coefficient (Wildman–Crippen LogP) is 6.62. The van der Waals surface area contributed by atoms with Gasteiger partial charge in [-0.05, 0) is 122 Å². The molecule has 19 heteroatoms. The molecule has 0 amide bonds. The number of methoxy groups -OCH3 is 2. The van der Waals surface area contributed by atoms with Crippen molar-refractivity contribution < 1.29 is 42.9 Å². The molecular formula is C55H78N10O9. The maximum Gasteiger partial charge on any atom is 0.356 e. The first-order valence-corrected chi connectivity index (χ1v) is 25.3. The molecule has 0 bridgehead atoms. The van der Waals surface area contributed by atoms with Crippen molar-refractivity contribution in [2.75, 3.05) is 119 Å². The third kappa shape index (κ3) is 17.7. The quantitative estimate of drug-likeness (QED) is 0.0953. The van der Waals surface area contributed by atoms with Crippen LogP contribution in [-0.2, 0) is 23.7 Å². The Morgan fingerprint density at radius 1 is 0.541 bits per heavy atom. The maximum atomic E-state index is 12.2. The number of pyridine rings is 4. The minimum Gasteiger partial charge on any atom is -0.464 e. The van der Waals surface area contributed by atoms with E-state index in [-0.39, 0.29) is 25.3 Å². The van der Waals surface area contributed by atoms with Gasteiger partial charge in [-0.3, -0.25) is 4.90 Å². The normalized spacial score (nSPS) is 16.8. The Morgan fingerprint density at radius 3 is 1.34 bits per heavy atom. The first-order chi connectivity index (χ1) is 34.9. The largest absolute Gasteiger partial charge is 0.464 e. The molecule has 4 saturated heterocycles. The highest BCUT2D eigenvalue weighted by Gasteiger charge is 2.27. The predicted molar refractivity (Wildman–Crippen MR) is 286 cm³/mol. The van der Waals surface area contributed by atoms with Gasteiger partial charge in [0.15, 0.2) is 0 Å². The number of hydrogen-bond donors (Lipinski definition) is 1. The topological polar surface area (TPSA) is 202 Å². The number of carbonyl (C=O) groups excluding carboxylic acids is 5. The monoisotopic (exact) mass is 1020 g/mol. The molecule has 0 aliphatic carbocycles. The number of aldehydes is 1. The van der Waals surface area contributed by atoms with Gasteiger partial charge in [0.1, 0.15) is 40.5 Å². The van der Waals surface area contributed by atoms with E-state index in [1.165, 1.54) is 14.2 Å². The van der Waals surface area contributed by atoms with Crippen LogP contribution in [0.15, 0.2) is 73.3 Å². The second-order valence-corrected chi connectivity index (χ2v) is 20.5. The molecule has 1 N–H and O–H groups in total. The molecule has 0 aromatic carbocycles. The van der Waals surface area contributed by atoms with Crippen molar-refractivity contribution in [2.24, 2.45) is 11.8 Å². The van der Waals surface area contributed by atoms with Gasteiger partial charge in [-0.25, -0.2) is 39.1 Å². The summed E-state index contributed by atoms with van der Waals surface area (Å²) in [5.74, 6) is 1.10. The Kier molecular flexibility index (Phi) is 21.6. The molecule has 74 heavy (non-hydrogen) atoms. The molecule has 0 atom stereocenters. The lowest BCUT2D eigenvalue weighted by Crippen LogP contribution is -2.49. The Bertz CT molecular complexity index is 2380. The van der Waals surface area contributed by atoms with Gasteiger partial charge in [-0.15, -0.1) is 0 Å². The summed E-state index contributed by atoms with van der Waals surface area (Å²) in [7, 11) is 2.72. The lowest BCUT2D eigenvalue weighted by Gasteiger charge is -2.39. The summed E-state index contributed by atoms with van der Waals surface area (Å²) in [4.78, 5) is 86.4. The summed E-state index contributed by atoms with van der Waals surface area (Å²) in [6.07, 6.45) is 11.7. The summed E-state index contributed by atoms with van der Waals surface area (Å²) in [5.41, 5.74) is 2.69. The molecule has 4 aromatic heterocycles. The van der Waals surface area contributed by atoms with Crippen LogP contribution in [0.1, 0.15) is 116 Å². The number of piperazine rings is 2. The van der Waals surface area contributed by atoms with E-state index in [0.29, 0.717) is 28.4 Å². The van der Waals surface area contributed by atoms with E-state index in [4.69, 9.17) is 14.2 Å². The highest BCUT2D eigenvalue weighted by Crippen LogP contribution is 2.26. The van der Waals surface area contributed by atoms with Crippen molar-refractivity contribution in [3.63, 3.8) is 0 Å². The third-order valence-electron chi connectivity index (χ3n) is 12.8. The highest BCUT2D eigenvalue weighted by molar-refractivity contribution is 5.90. The number of nitrogens with zero attached hydrogens (tertiary/aromatic N) is 9. The molecule has 0 spiro atoms. The lowest BCUT2D eigenvalue weighted by atomic mass is 9.96. The number of nitrogens with one attached hydrogen (secondary N) is 1. The van der Waals surface area contributed by atoms with Gasteiger partial charge in [-0.2, -0.15) is 0 Å². The Balaban J connectivity index is 0.000000225. The number of aromatic nitrogens is 4. The van der Waals surface area contributed by atoms with Gasteiger partial charge in [0.25, 0.3) is 0 Å². The first-order valence-electron chi connectivity index (χ1n) is 25.3. The van der Waals surface area contributed by atoms with Crippen molar-refractivity contribution in [1.82, 2.24) is 30.2 Å². The van der Waals surface area contributed by atoms with E-state index >= 15 is 0 Å². The van der Waals surface area contributed by atoms with E-state index in [1.54, 1.807) is 49.1 Å². The van der Waals surface area contributed by atoms with Crippen LogP contribution in [0, 0.1) is 11.8 Å². The second-order valence-electron chi connectivity index (χ2n) is 20.5. The molecule has 8 heterocycles. The molecule has 0 radical (unpaired) electrons. The third-order valence-corrected chi connectivity index (χ3v) is 12.8. The van der Waals surface area contributed by atoms with Crippen molar-refractivity contribution >= 4 is 53.2 Å². The zero-order valence-corrected chi connectivity index (χ0v) is 43.9. The zero-order valence-electron chi connectivity index (χ0n) is 43.9. The number of hydrogen-bond acceptors (Lipinski definition) is 19. The van der Waals surface area contributed by atoms with Crippen LogP contribution in [0.3, 0.4) is 0 Å². The van der Waals surface area contributed by atoms with E-state index in [2.05, 4.69) is 54.5 Å². The van der Waals surface area contributed by atoms with Gasteiger partial charge in [-0.1, -0.05) is 7.43 Å². The molecule has 8 rings (SSSR count). The average molecular weight is 1020 g/mol. The van der Waals surface area contributed by atoms with Gasteiger partial charge in [0, 0.05) is 103 Å². The van der Waals surface area contributed by atoms with Gasteiger partial charge < -0.3 is 48.7 Å². The Labute approximate surface area is 437 Å². The maximum absolute atomic E-state index is 12.2. The first kappa shape index (κ1) is 58.2. The van der Waals surface area contributed by atoms with Crippen LogP contribution in [0.25, 0.3) is 0 Å². The molecule has 4 aliphatic rings. The lowest BCUT2D eigenvalue weighted by molar-refractivity contribution is -0.111. The molecule has 4 fully saturated rings. The van der Waals surface area contributed by atoms with Gasteiger partial charge in [0.2, 0.25) is 0 Å². The summed E-state index contributed by atoms with van der Waals surface area (Å²) < 4.78 is 20.0. The number of carbonyl (C=O) groups is 5. The van der Waals surface area contributed by atoms with Crippen molar-refractivity contribution in [3.8, 4) is 0 Å². The SMILES string of the molecule is C.CC(C)(C)OC(=O)c1ccc(N2CCC(C=O)CC2)nc1.COC(=O)c1ccc(N2CCN(CC3CCN(c4ccc(C(=O)OC(C)(C)C)cn4)CC3)CC2)cn1.COC(=O)c1ccc(N2CCNCC2)cn1. The van der Waals surface area contributed by atoms with Crippen LogP contribution >= 0.6 is 0 Å². The summed E-state index contributed by atoms with van der Waals surface area (Å²) in [5, 5.41) is 3.29. The van der Waals surface area contributed by atoms with Crippen molar-refractivity contribution in [1.29, 1.82) is 0 Å². The number of ether oxygens (including phenoxy) is 4. The van der Waals surface area contributed by atoms with Gasteiger partial charge in [0.05, 0.1) is 49.1 Å². The van der Waals surface area contributed by atoms with Crippen LogP contribution in [-0.4, -0.2) is 166 Å². The van der Waals surface area contributed by atoms with Crippen molar-refractivity contribution in [2.45, 2.75) is 85.9 Å².